The molecule has 1 fully saturated rings. The number of hydrogen-bond acceptors (Lipinski definition) is 3. The van der Waals surface area contributed by atoms with E-state index >= 15 is 0 Å². The maximum Gasteiger partial charge on any atom is 0.406 e. The third-order valence-corrected chi connectivity index (χ3v) is 4.09. The molecule has 5 nitrogen and oxygen atoms in total. The molecule has 0 unspecified atom stereocenters. The molecule has 1 aliphatic rings. The van der Waals surface area contributed by atoms with Gasteiger partial charge in [-0.25, -0.2) is 0 Å². The Morgan fingerprint density at radius 2 is 2.30 bits per heavy atom. The molecule has 2 N–H and O–H groups in total. The Balaban J connectivity index is 2.38. The number of carboxylic acids is 1. The molecule has 0 radical (unpaired) electrons. The highest BCUT2D eigenvalue weighted by Gasteiger charge is 2.66. The van der Waals surface area contributed by atoms with Crippen molar-refractivity contribution in [2.75, 3.05) is 13.1 Å². The van der Waals surface area contributed by atoms with Crippen LogP contribution in [0.5, 0.6) is 0 Å². The molecule has 0 aromatic carbocycles. The van der Waals surface area contributed by atoms with Gasteiger partial charge in [0, 0.05) is 25.2 Å². The second-order valence-electron chi connectivity index (χ2n) is 5.20. The lowest BCUT2D eigenvalue weighted by atomic mass is 9.75. The van der Waals surface area contributed by atoms with Gasteiger partial charge in [-0.1, -0.05) is 0 Å². The van der Waals surface area contributed by atoms with Crippen LogP contribution in [-0.4, -0.2) is 40.1 Å². The summed E-state index contributed by atoms with van der Waals surface area (Å²) < 4.78 is 41.4. The molecule has 1 aliphatic heterocycles. The van der Waals surface area contributed by atoms with Gasteiger partial charge in [-0.15, -0.1) is 0 Å². The van der Waals surface area contributed by atoms with Crippen LogP contribution in [-0.2, 0) is 18.3 Å². The highest BCUT2D eigenvalue weighted by atomic mass is 19.4. The van der Waals surface area contributed by atoms with Gasteiger partial charge < -0.3 is 10.4 Å². The molecule has 20 heavy (non-hydrogen) atoms. The van der Waals surface area contributed by atoms with E-state index in [1.54, 1.807) is 20.2 Å². The van der Waals surface area contributed by atoms with Crippen molar-refractivity contribution in [3.05, 3.63) is 17.5 Å². The predicted molar refractivity (Wildman–Crippen MR) is 64.1 cm³/mol. The first-order valence-corrected chi connectivity index (χ1v) is 6.18. The molecule has 2 heterocycles. The first kappa shape index (κ1) is 14.8. The summed E-state index contributed by atoms with van der Waals surface area (Å²) in [6.45, 7) is 1.19. The molecule has 1 aromatic rings. The van der Waals surface area contributed by atoms with Crippen LogP contribution in [0.3, 0.4) is 0 Å². The average Bonchev–Trinajstić information content (AvgIpc) is 2.87. The van der Waals surface area contributed by atoms with Gasteiger partial charge in [0.05, 0.1) is 6.20 Å². The lowest BCUT2D eigenvalue weighted by molar-refractivity contribution is -0.236. The second-order valence-corrected chi connectivity index (χ2v) is 5.20. The van der Waals surface area contributed by atoms with E-state index in [0.717, 1.165) is 5.56 Å². The fourth-order valence-corrected chi connectivity index (χ4v) is 2.81. The van der Waals surface area contributed by atoms with E-state index in [1.165, 1.54) is 4.68 Å². The smallest absolute Gasteiger partial charge is 0.406 e. The van der Waals surface area contributed by atoms with Crippen LogP contribution in [0.2, 0.25) is 0 Å². The summed E-state index contributed by atoms with van der Waals surface area (Å²) >= 11 is 0. The van der Waals surface area contributed by atoms with E-state index in [2.05, 4.69) is 10.4 Å². The summed E-state index contributed by atoms with van der Waals surface area (Å²) in [6, 6.07) is 0. The van der Waals surface area contributed by atoms with Crippen molar-refractivity contribution in [3.8, 4) is 0 Å². The van der Waals surface area contributed by atoms with Crippen molar-refractivity contribution < 1.29 is 23.1 Å². The predicted octanol–water partition coefficient (Wildman–Crippen LogP) is 1.12. The zero-order valence-electron chi connectivity index (χ0n) is 11.2. The van der Waals surface area contributed by atoms with Crippen molar-refractivity contribution in [1.82, 2.24) is 15.1 Å². The maximum atomic E-state index is 13.3. The van der Waals surface area contributed by atoms with Crippen LogP contribution < -0.4 is 5.32 Å². The standard InChI is InChI=1S/C12H16F3N3O2/c1-7-4-17-18(2)9(7)3-8-5-16-6-11(8,10(19)20)12(13,14)15/h4,8,16H,3,5-6H2,1-2H3,(H,19,20)/t8-,11-/m0/s1. The summed E-state index contributed by atoms with van der Waals surface area (Å²) in [5.41, 5.74) is -1.33. The van der Waals surface area contributed by atoms with Crippen LogP contribution in [0.25, 0.3) is 0 Å². The van der Waals surface area contributed by atoms with E-state index in [4.69, 9.17) is 5.11 Å². The zero-order valence-corrected chi connectivity index (χ0v) is 11.2. The minimum absolute atomic E-state index is 0.0242. The average molecular weight is 291 g/mol. The van der Waals surface area contributed by atoms with Gasteiger partial charge in [0.2, 0.25) is 0 Å². The van der Waals surface area contributed by atoms with Crippen molar-refractivity contribution in [2.24, 2.45) is 18.4 Å². The molecule has 0 saturated carbocycles. The van der Waals surface area contributed by atoms with Gasteiger partial charge in [0.1, 0.15) is 0 Å². The molecule has 2 atom stereocenters. The molecular formula is C12H16F3N3O2. The molecule has 1 saturated heterocycles. The van der Waals surface area contributed by atoms with E-state index in [9.17, 15) is 18.0 Å². The van der Waals surface area contributed by atoms with E-state index in [0.29, 0.717) is 5.69 Å². The minimum atomic E-state index is -4.79. The number of nitrogens with one attached hydrogen (secondary N) is 1. The second kappa shape index (κ2) is 4.76. The fourth-order valence-electron chi connectivity index (χ4n) is 2.81. The van der Waals surface area contributed by atoms with E-state index < -0.39 is 30.0 Å². The number of carboxylic acid groups (broad SMARTS) is 1. The highest BCUT2D eigenvalue weighted by molar-refractivity contribution is 5.77. The molecule has 2 rings (SSSR count). The Bertz CT molecular complexity index is 507. The van der Waals surface area contributed by atoms with Crippen molar-refractivity contribution >= 4 is 5.97 Å². The van der Waals surface area contributed by atoms with Crippen LogP contribution in [0.15, 0.2) is 6.20 Å². The van der Waals surface area contributed by atoms with Crippen molar-refractivity contribution in [3.63, 3.8) is 0 Å². The number of hydrogen-bond donors (Lipinski definition) is 2. The summed E-state index contributed by atoms with van der Waals surface area (Å²) in [5, 5.41) is 15.7. The minimum Gasteiger partial charge on any atom is -0.481 e. The number of halogens is 3. The summed E-state index contributed by atoms with van der Waals surface area (Å²) in [5.74, 6) is -2.87. The van der Waals surface area contributed by atoms with Gasteiger partial charge >= 0.3 is 12.1 Å². The number of alkyl halides is 3. The van der Waals surface area contributed by atoms with Gasteiger partial charge in [-0.05, 0) is 25.5 Å². The molecule has 1 aromatic heterocycles. The van der Waals surface area contributed by atoms with Crippen LogP contribution in [0, 0.1) is 18.3 Å². The highest BCUT2D eigenvalue weighted by Crippen LogP contribution is 2.47. The fraction of sp³-hybridized carbons (Fsp3) is 0.667. The number of carbonyl (C=O) groups is 1. The summed E-state index contributed by atoms with van der Waals surface area (Å²) in [7, 11) is 1.64. The van der Waals surface area contributed by atoms with Crippen LogP contribution in [0.1, 0.15) is 11.3 Å². The molecule has 0 spiro atoms. The number of rotatable bonds is 3. The quantitative estimate of drug-likeness (QED) is 0.876. The van der Waals surface area contributed by atoms with E-state index in [-0.39, 0.29) is 13.0 Å². The Morgan fingerprint density at radius 3 is 2.75 bits per heavy atom. The van der Waals surface area contributed by atoms with Crippen molar-refractivity contribution in [1.29, 1.82) is 0 Å². The van der Waals surface area contributed by atoms with E-state index in [1.807, 2.05) is 0 Å². The normalized spacial score (nSPS) is 26.9. The first-order valence-electron chi connectivity index (χ1n) is 6.18. The van der Waals surface area contributed by atoms with Gasteiger partial charge in [0.15, 0.2) is 5.41 Å². The number of aliphatic carboxylic acids is 1. The Labute approximate surface area is 113 Å². The number of nitrogens with zero attached hydrogens (tertiary/aromatic N) is 2. The maximum absolute atomic E-state index is 13.3. The Hall–Kier alpha value is -1.57. The lowest BCUT2D eigenvalue weighted by Crippen LogP contribution is -2.51. The van der Waals surface area contributed by atoms with Crippen molar-refractivity contribution in [2.45, 2.75) is 19.5 Å². The zero-order chi connectivity index (χ0) is 15.1. The molecule has 8 heteroatoms. The van der Waals surface area contributed by atoms with Gasteiger partial charge in [-0.2, -0.15) is 18.3 Å². The lowest BCUT2D eigenvalue weighted by Gasteiger charge is -2.32. The van der Waals surface area contributed by atoms with Crippen LogP contribution in [0.4, 0.5) is 13.2 Å². The van der Waals surface area contributed by atoms with Gasteiger partial charge in [-0.3, -0.25) is 9.48 Å². The molecular weight excluding hydrogens is 275 g/mol. The third-order valence-electron chi connectivity index (χ3n) is 4.09. The Morgan fingerprint density at radius 1 is 1.65 bits per heavy atom. The van der Waals surface area contributed by atoms with Crippen LogP contribution >= 0.6 is 0 Å². The number of aromatic nitrogens is 2. The molecule has 0 bridgehead atoms. The first-order chi connectivity index (χ1) is 9.20. The monoisotopic (exact) mass is 291 g/mol. The molecule has 112 valence electrons. The molecule has 0 amide bonds. The SMILES string of the molecule is Cc1cnn(C)c1C[C@H]1CNC[C@]1(C(=O)O)C(F)(F)F. The summed E-state index contributed by atoms with van der Waals surface area (Å²) in [6.07, 6.45) is -3.20. The number of aryl methyl sites for hydroxylation is 2. The largest absolute Gasteiger partial charge is 0.481 e. The topological polar surface area (TPSA) is 67.2 Å². The van der Waals surface area contributed by atoms with Gasteiger partial charge in [0.25, 0.3) is 0 Å². The summed E-state index contributed by atoms with van der Waals surface area (Å²) in [4.78, 5) is 11.3. The Kier molecular flexibility index (Phi) is 3.53. The molecule has 0 aliphatic carbocycles. The third kappa shape index (κ3) is 2.07.